The molecule has 0 aliphatic rings. The van der Waals surface area contributed by atoms with E-state index in [4.69, 9.17) is 15.3 Å². The summed E-state index contributed by atoms with van der Waals surface area (Å²) in [5, 5.41) is 29.0. The Hall–Kier alpha value is -3.38. The lowest BCUT2D eigenvalue weighted by Gasteiger charge is -2.11. The van der Waals surface area contributed by atoms with E-state index in [1.807, 2.05) is 12.1 Å². The molecule has 0 fully saturated rings. The van der Waals surface area contributed by atoms with Gasteiger partial charge in [-0.2, -0.15) is 10.5 Å². The van der Waals surface area contributed by atoms with Gasteiger partial charge in [0.15, 0.2) is 5.75 Å². The fraction of sp³-hybridized carbons (Fsp3) is 0.0667. The van der Waals surface area contributed by atoms with Crippen LogP contribution in [0.3, 0.4) is 0 Å². The third-order valence-electron chi connectivity index (χ3n) is 2.85. The predicted molar refractivity (Wildman–Crippen MR) is 73.8 cm³/mol. The van der Waals surface area contributed by atoms with Crippen LogP contribution in [-0.4, -0.2) is 4.92 Å². The average molecular weight is 279 g/mol. The second-order valence-corrected chi connectivity index (χ2v) is 4.21. The predicted octanol–water partition coefficient (Wildman–Crippen LogP) is 3.44. The van der Waals surface area contributed by atoms with Crippen molar-refractivity contribution in [1.29, 1.82) is 10.5 Å². The maximum absolute atomic E-state index is 10.8. The summed E-state index contributed by atoms with van der Waals surface area (Å²) in [7, 11) is 0. The maximum Gasteiger partial charge on any atom is 0.273 e. The molecular weight excluding hydrogens is 270 g/mol. The first-order valence-corrected chi connectivity index (χ1v) is 5.93. The van der Waals surface area contributed by atoms with Crippen molar-refractivity contribution >= 4 is 5.69 Å². The monoisotopic (exact) mass is 279 g/mol. The van der Waals surface area contributed by atoms with Gasteiger partial charge < -0.3 is 4.74 Å². The summed E-state index contributed by atoms with van der Waals surface area (Å²) in [6.07, 6.45) is 0. The zero-order chi connectivity index (χ0) is 15.4. The Kier molecular flexibility index (Phi) is 3.83. The molecular formula is C15H9N3O3. The number of para-hydroxylation sites is 1. The number of rotatable bonds is 3. The fourth-order valence-corrected chi connectivity index (χ4v) is 1.75. The van der Waals surface area contributed by atoms with Gasteiger partial charge in [0.1, 0.15) is 17.9 Å². The standard InChI is InChI=1S/C15H9N3O3/c1-10-5-6-13(18(19)20)7-14(10)21-15-11(8-16)3-2-4-12(15)9-17/h2-7H,1H3. The molecule has 0 radical (unpaired) electrons. The summed E-state index contributed by atoms with van der Waals surface area (Å²) < 4.78 is 5.59. The molecule has 0 saturated heterocycles. The van der Waals surface area contributed by atoms with Crippen LogP contribution in [0.15, 0.2) is 36.4 Å². The molecule has 0 aliphatic carbocycles. The molecule has 2 rings (SSSR count). The highest BCUT2D eigenvalue weighted by Crippen LogP contribution is 2.32. The minimum absolute atomic E-state index is 0.103. The Balaban J connectivity index is 2.53. The smallest absolute Gasteiger partial charge is 0.273 e. The van der Waals surface area contributed by atoms with Gasteiger partial charge in [-0.1, -0.05) is 6.07 Å². The minimum Gasteiger partial charge on any atom is -0.454 e. The van der Waals surface area contributed by atoms with Gasteiger partial charge in [-0.3, -0.25) is 10.1 Å². The van der Waals surface area contributed by atoms with Gasteiger partial charge >= 0.3 is 0 Å². The number of hydrogen-bond donors (Lipinski definition) is 0. The molecule has 0 heterocycles. The highest BCUT2D eigenvalue weighted by molar-refractivity contribution is 5.56. The summed E-state index contributed by atoms with van der Waals surface area (Å²) in [6, 6.07) is 12.7. The van der Waals surface area contributed by atoms with E-state index in [2.05, 4.69) is 0 Å². The van der Waals surface area contributed by atoms with Crippen molar-refractivity contribution in [1.82, 2.24) is 0 Å². The van der Waals surface area contributed by atoms with E-state index in [1.165, 1.54) is 24.3 Å². The van der Waals surface area contributed by atoms with Crippen molar-refractivity contribution in [3.8, 4) is 23.6 Å². The first kappa shape index (κ1) is 14.0. The molecule has 0 N–H and O–H groups in total. The topological polar surface area (TPSA) is 99.9 Å². The van der Waals surface area contributed by atoms with E-state index >= 15 is 0 Å². The van der Waals surface area contributed by atoms with Crippen molar-refractivity contribution in [2.75, 3.05) is 0 Å². The summed E-state index contributed by atoms with van der Waals surface area (Å²) >= 11 is 0. The van der Waals surface area contributed by atoms with Crippen LogP contribution in [-0.2, 0) is 0 Å². The van der Waals surface area contributed by atoms with Crippen LogP contribution >= 0.6 is 0 Å². The molecule has 102 valence electrons. The van der Waals surface area contributed by atoms with Gasteiger partial charge in [-0.15, -0.1) is 0 Å². The first-order chi connectivity index (χ1) is 10.1. The quantitative estimate of drug-likeness (QED) is 0.632. The second-order valence-electron chi connectivity index (χ2n) is 4.21. The molecule has 0 spiro atoms. The maximum atomic E-state index is 10.8. The zero-order valence-corrected chi connectivity index (χ0v) is 11.0. The minimum atomic E-state index is -0.534. The Bertz CT molecular complexity index is 769. The Labute approximate surface area is 120 Å². The number of ether oxygens (including phenoxy) is 1. The third kappa shape index (κ3) is 2.80. The van der Waals surface area contributed by atoms with E-state index in [9.17, 15) is 10.1 Å². The number of nitro groups is 1. The molecule has 21 heavy (non-hydrogen) atoms. The lowest BCUT2D eigenvalue weighted by molar-refractivity contribution is -0.384. The van der Waals surface area contributed by atoms with E-state index in [-0.39, 0.29) is 28.3 Å². The molecule has 0 aromatic heterocycles. The lowest BCUT2D eigenvalue weighted by Crippen LogP contribution is -1.95. The van der Waals surface area contributed by atoms with Crippen LogP contribution < -0.4 is 4.74 Å². The van der Waals surface area contributed by atoms with Crippen LogP contribution in [0.5, 0.6) is 11.5 Å². The van der Waals surface area contributed by atoms with Crippen LogP contribution in [0, 0.1) is 39.7 Å². The second kappa shape index (κ2) is 5.72. The largest absolute Gasteiger partial charge is 0.454 e. The van der Waals surface area contributed by atoms with E-state index in [1.54, 1.807) is 19.1 Å². The molecule has 6 nitrogen and oxygen atoms in total. The number of benzene rings is 2. The van der Waals surface area contributed by atoms with Gasteiger partial charge in [0.25, 0.3) is 5.69 Å². The third-order valence-corrected chi connectivity index (χ3v) is 2.85. The summed E-state index contributed by atoms with van der Waals surface area (Å²) in [5.74, 6) is 0.342. The normalized spacial score (nSPS) is 9.48. The van der Waals surface area contributed by atoms with Gasteiger partial charge in [0.2, 0.25) is 0 Å². The SMILES string of the molecule is Cc1ccc([N+](=O)[O-])cc1Oc1c(C#N)cccc1C#N. The highest BCUT2D eigenvalue weighted by Gasteiger charge is 2.15. The van der Waals surface area contributed by atoms with Crippen molar-refractivity contribution in [2.24, 2.45) is 0 Å². The highest BCUT2D eigenvalue weighted by atomic mass is 16.6. The van der Waals surface area contributed by atoms with Crippen molar-refractivity contribution in [3.05, 3.63) is 63.2 Å². The molecule has 6 heteroatoms. The number of nitriles is 2. The first-order valence-electron chi connectivity index (χ1n) is 5.93. The molecule has 0 aliphatic heterocycles. The number of nitrogens with zero attached hydrogens (tertiary/aromatic N) is 3. The molecule has 2 aromatic rings. The summed E-state index contributed by atoms with van der Waals surface area (Å²) in [4.78, 5) is 10.3. The van der Waals surface area contributed by atoms with Gasteiger partial charge in [0, 0.05) is 6.07 Å². The summed E-state index contributed by atoms with van der Waals surface area (Å²) in [6.45, 7) is 1.72. The van der Waals surface area contributed by atoms with E-state index in [0.29, 0.717) is 5.56 Å². The fourth-order valence-electron chi connectivity index (χ4n) is 1.75. The number of hydrogen-bond acceptors (Lipinski definition) is 5. The Morgan fingerprint density at radius 2 is 1.76 bits per heavy atom. The van der Waals surface area contributed by atoms with Crippen LogP contribution in [0.4, 0.5) is 5.69 Å². The average Bonchev–Trinajstić information content (AvgIpc) is 2.49. The molecule has 0 amide bonds. The number of non-ortho nitro benzene ring substituents is 1. The van der Waals surface area contributed by atoms with Crippen LogP contribution in [0.1, 0.15) is 16.7 Å². The Morgan fingerprint density at radius 3 is 2.29 bits per heavy atom. The number of aryl methyl sites for hydroxylation is 1. The Morgan fingerprint density at radius 1 is 1.14 bits per heavy atom. The molecule has 0 unspecified atom stereocenters. The van der Waals surface area contributed by atoms with Gasteiger partial charge in [-0.25, -0.2) is 0 Å². The van der Waals surface area contributed by atoms with Crippen molar-refractivity contribution in [2.45, 2.75) is 6.92 Å². The van der Waals surface area contributed by atoms with Crippen LogP contribution in [0.25, 0.3) is 0 Å². The van der Waals surface area contributed by atoms with Gasteiger partial charge in [0.05, 0.1) is 22.1 Å². The molecule has 0 bridgehead atoms. The molecule has 0 atom stereocenters. The van der Waals surface area contributed by atoms with Crippen molar-refractivity contribution in [3.63, 3.8) is 0 Å². The molecule has 0 saturated carbocycles. The van der Waals surface area contributed by atoms with Crippen LogP contribution in [0.2, 0.25) is 0 Å². The van der Waals surface area contributed by atoms with Crippen molar-refractivity contribution < 1.29 is 9.66 Å². The van der Waals surface area contributed by atoms with E-state index < -0.39 is 4.92 Å². The van der Waals surface area contributed by atoms with Gasteiger partial charge in [-0.05, 0) is 30.7 Å². The summed E-state index contributed by atoms with van der Waals surface area (Å²) in [5.41, 5.74) is 0.931. The molecule has 2 aromatic carbocycles. The van der Waals surface area contributed by atoms with E-state index in [0.717, 1.165) is 0 Å². The lowest BCUT2D eigenvalue weighted by atomic mass is 10.1. The number of nitro benzene ring substituents is 1. The zero-order valence-electron chi connectivity index (χ0n) is 11.0.